The fourth-order valence-corrected chi connectivity index (χ4v) is 19.6. The van der Waals surface area contributed by atoms with E-state index in [2.05, 4.69) is 119 Å². The van der Waals surface area contributed by atoms with Gasteiger partial charge in [-0.2, -0.15) is 70.6 Å². The van der Waals surface area contributed by atoms with Gasteiger partial charge < -0.3 is 9.05 Å². The Morgan fingerprint density at radius 3 is 1.60 bits per heavy atom. The first-order chi connectivity index (χ1) is 28.5. The van der Waals surface area contributed by atoms with Gasteiger partial charge in [0.1, 0.15) is 11.5 Å². The standard InChI is InChI=1S/C48H63O2PS7/c52-51(38-22-10-7-11-23-38,49-36-20-14-18-34(26-36)16-8-3-1-5-12-24-41-46(56-41)30-43-44-29-40(55-44)33-54-43)50-37-21-15-19-35(27-37)17-9-4-2-6-13-25-42-47(57-42)31-48-45(58-48)28-39-32-53-39/h7,10-11,14-15,18-23,26-27,39-48H,1-6,8-9,12-13,16-17,24-25,28-33H2. The van der Waals surface area contributed by atoms with Gasteiger partial charge in [0, 0.05) is 64.0 Å². The van der Waals surface area contributed by atoms with E-state index in [9.17, 15) is 0 Å². The number of benzene rings is 3. The molecule has 3 aromatic rings. The van der Waals surface area contributed by atoms with Crippen molar-refractivity contribution in [2.45, 2.75) is 168 Å². The number of hydrogen-bond acceptors (Lipinski definition) is 9. The number of unbranched alkanes of at least 4 members (excludes halogenated alkanes) is 8. The third kappa shape index (κ3) is 13.0. The van der Waals surface area contributed by atoms with Crippen LogP contribution < -0.4 is 14.4 Å². The number of aryl methyl sites for hydroxylation is 2. The van der Waals surface area contributed by atoms with Crippen molar-refractivity contribution in [3.63, 3.8) is 0 Å². The molecular weight excluding hydrogens is 864 g/mol. The predicted molar refractivity (Wildman–Crippen MR) is 269 cm³/mol. The molecule has 0 amide bonds. The monoisotopic (exact) mass is 926 g/mol. The zero-order chi connectivity index (χ0) is 39.2. The molecule has 0 saturated carbocycles. The van der Waals surface area contributed by atoms with Gasteiger partial charge in [0.05, 0.1) is 5.30 Å². The van der Waals surface area contributed by atoms with Crippen molar-refractivity contribution in [3.05, 3.63) is 90.0 Å². The molecule has 0 aromatic heterocycles. The van der Waals surface area contributed by atoms with Gasteiger partial charge >= 0.3 is 6.49 Å². The second-order valence-electron chi connectivity index (χ2n) is 17.6. The maximum Gasteiger partial charge on any atom is 0.319 e. The van der Waals surface area contributed by atoms with E-state index in [0.29, 0.717) is 0 Å². The first kappa shape index (κ1) is 43.3. The van der Waals surface area contributed by atoms with Crippen LogP contribution in [0.3, 0.4) is 0 Å². The summed E-state index contributed by atoms with van der Waals surface area (Å²) in [4.78, 5) is 0. The van der Waals surface area contributed by atoms with Crippen molar-refractivity contribution in [3.8, 4) is 11.5 Å². The molecule has 314 valence electrons. The summed E-state index contributed by atoms with van der Waals surface area (Å²) in [6.07, 6.45) is 24.3. The molecule has 0 N–H and O–H groups in total. The van der Waals surface area contributed by atoms with Gasteiger partial charge in [0.25, 0.3) is 0 Å². The van der Waals surface area contributed by atoms with Crippen molar-refractivity contribution >= 4 is 94.2 Å². The van der Waals surface area contributed by atoms with E-state index in [0.717, 1.165) is 82.1 Å². The molecule has 3 aromatic carbocycles. The van der Waals surface area contributed by atoms with E-state index in [-0.39, 0.29) is 0 Å². The quantitative estimate of drug-likeness (QED) is 0.0419. The lowest BCUT2D eigenvalue weighted by Crippen LogP contribution is -2.42. The van der Waals surface area contributed by atoms with E-state index >= 15 is 0 Å². The van der Waals surface area contributed by atoms with Crippen LogP contribution in [0.5, 0.6) is 11.5 Å². The van der Waals surface area contributed by atoms with Crippen molar-refractivity contribution in [1.82, 2.24) is 0 Å². The van der Waals surface area contributed by atoms with Gasteiger partial charge in [-0.05, 0) is 124 Å². The van der Waals surface area contributed by atoms with Crippen LogP contribution >= 0.6 is 77.1 Å². The minimum atomic E-state index is -2.86. The zero-order valence-electron chi connectivity index (χ0n) is 34.0. The highest BCUT2D eigenvalue weighted by Crippen LogP contribution is 2.58. The number of rotatable bonds is 27. The lowest BCUT2D eigenvalue weighted by Gasteiger charge is -2.45. The molecule has 10 rings (SSSR count). The average Bonchev–Trinajstić information content (AvgIpc) is 4.02. The number of thioether (sulfide) groups is 6. The van der Waals surface area contributed by atoms with E-state index in [1.165, 1.54) is 125 Å². The van der Waals surface area contributed by atoms with Crippen LogP contribution in [0.4, 0.5) is 0 Å². The normalized spacial score (nSPS) is 31.2. The summed E-state index contributed by atoms with van der Waals surface area (Å²) in [6, 6.07) is 27.4. The lowest BCUT2D eigenvalue weighted by molar-refractivity contribution is 0.497. The van der Waals surface area contributed by atoms with Gasteiger partial charge in [-0.25, -0.2) is 0 Å². The molecule has 7 saturated heterocycles. The maximum atomic E-state index is 6.73. The van der Waals surface area contributed by atoms with E-state index < -0.39 is 6.49 Å². The van der Waals surface area contributed by atoms with E-state index in [1.807, 2.05) is 30.3 Å². The molecule has 7 aliphatic rings. The molecule has 2 bridgehead atoms. The van der Waals surface area contributed by atoms with Crippen LogP contribution in [-0.4, -0.2) is 64.0 Å². The van der Waals surface area contributed by atoms with Crippen LogP contribution in [0.15, 0.2) is 78.9 Å². The summed E-state index contributed by atoms with van der Waals surface area (Å²) in [6.45, 7) is -2.86. The Hall–Kier alpha value is 0.01000. The van der Waals surface area contributed by atoms with Gasteiger partial charge in [-0.15, -0.1) is 0 Å². The smallest absolute Gasteiger partial charge is 0.319 e. The molecule has 2 nitrogen and oxygen atoms in total. The Balaban J connectivity index is 0.664. The first-order valence-corrected chi connectivity index (χ1v) is 31.1. The molecule has 10 heteroatoms. The van der Waals surface area contributed by atoms with Crippen LogP contribution in [0.1, 0.15) is 114 Å². The highest BCUT2D eigenvalue weighted by Gasteiger charge is 2.48. The Bertz CT molecular complexity index is 1800. The molecule has 7 aliphatic heterocycles. The van der Waals surface area contributed by atoms with Gasteiger partial charge in [-0.3, -0.25) is 0 Å². The molecule has 11 unspecified atom stereocenters. The summed E-state index contributed by atoms with van der Waals surface area (Å²) in [5.74, 6) is 4.48. The van der Waals surface area contributed by atoms with E-state index in [1.54, 1.807) is 0 Å². The fraction of sp³-hybridized carbons (Fsp3) is 0.625. The third-order valence-electron chi connectivity index (χ3n) is 12.9. The van der Waals surface area contributed by atoms with Crippen molar-refractivity contribution < 1.29 is 9.05 Å². The largest absolute Gasteiger partial charge is 0.432 e. The fourth-order valence-electron chi connectivity index (χ4n) is 9.13. The van der Waals surface area contributed by atoms with Crippen molar-refractivity contribution in [2.75, 3.05) is 11.5 Å². The topological polar surface area (TPSA) is 18.5 Å². The van der Waals surface area contributed by atoms with Crippen LogP contribution in [0, 0.1) is 0 Å². The molecule has 58 heavy (non-hydrogen) atoms. The van der Waals surface area contributed by atoms with Gasteiger partial charge in [0.15, 0.2) is 0 Å². The second kappa shape index (κ2) is 21.1. The zero-order valence-corrected chi connectivity index (χ0v) is 40.7. The first-order valence-electron chi connectivity index (χ1n) is 22.6. The summed E-state index contributed by atoms with van der Waals surface area (Å²) in [5, 5.41) is 10.8. The second-order valence-corrected chi connectivity index (χ2v) is 29.5. The molecule has 11 atom stereocenters. The summed E-state index contributed by atoms with van der Waals surface area (Å²) >= 11 is 19.9. The number of fused-ring (bicyclic) bond motifs is 2. The molecule has 0 spiro atoms. The highest BCUT2D eigenvalue weighted by molar-refractivity contribution is 8.14. The van der Waals surface area contributed by atoms with Crippen LogP contribution in [-0.2, 0) is 24.6 Å². The minimum absolute atomic E-state index is 0.814. The summed E-state index contributed by atoms with van der Waals surface area (Å²) in [7, 11) is 0. The third-order valence-corrected chi connectivity index (χ3v) is 24.7. The minimum Gasteiger partial charge on any atom is -0.432 e. The lowest BCUT2D eigenvalue weighted by atomic mass is 10.0. The molecule has 7 fully saturated rings. The molecular formula is C48H63O2PS7. The average molecular weight is 927 g/mol. The Labute approximate surface area is 381 Å². The van der Waals surface area contributed by atoms with Crippen LogP contribution in [0.2, 0.25) is 0 Å². The SMILES string of the molecule is S=P(Oc1cccc(CCCCCCCC2SC2CC2SCC3CC2S3)c1)(Oc1cccc(CCCCCCCC2SC2CC2SC2CC2CS2)c1)c1ccccc1. The predicted octanol–water partition coefficient (Wildman–Crippen LogP) is 14.3. The van der Waals surface area contributed by atoms with E-state index in [4.69, 9.17) is 20.9 Å². The number of hydrogen-bond donors (Lipinski definition) is 0. The van der Waals surface area contributed by atoms with Crippen LogP contribution in [0.25, 0.3) is 0 Å². The molecule has 0 radical (unpaired) electrons. The Kier molecular flexibility index (Phi) is 15.8. The van der Waals surface area contributed by atoms with Gasteiger partial charge in [-0.1, -0.05) is 93.8 Å². The molecule has 7 heterocycles. The highest BCUT2D eigenvalue weighted by atomic mass is 32.5. The van der Waals surface area contributed by atoms with Crippen molar-refractivity contribution in [2.24, 2.45) is 0 Å². The Morgan fingerprint density at radius 2 is 1.03 bits per heavy atom. The van der Waals surface area contributed by atoms with Gasteiger partial charge in [0.2, 0.25) is 0 Å². The maximum absolute atomic E-state index is 6.73. The summed E-state index contributed by atoms with van der Waals surface area (Å²) in [5.41, 5.74) is 2.64. The van der Waals surface area contributed by atoms with Crippen molar-refractivity contribution in [1.29, 1.82) is 0 Å². The summed E-state index contributed by atoms with van der Waals surface area (Å²) < 4.78 is 13.5. The molecule has 0 aliphatic carbocycles. The Morgan fingerprint density at radius 1 is 0.517 bits per heavy atom.